The van der Waals surface area contributed by atoms with E-state index in [4.69, 9.17) is 40.8 Å². The highest BCUT2D eigenvalue weighted by atomic mass is 16.1. The van der Waals surface area contributed by atoms with Gasteiger partial charge in [-0.2, -0.15) is 0 Å². The molecule has 0 bridgehead atoms. The molecule has 4 N–H and O–H groups in total. The summed E-state index contributed by atoms with van der Waals surface area (Å²) in [5.74, 6) is 0. The molecule has 0 aliphatic heterocycles. The van der Waals surface area contributed by atoms with E-state index in [1.807, 2.05) is 24.3 Å². The van der Waals surface area contributed by atoms with Crippen LogP contribution in [0.2, 0.25) is 0 Å². The summed E-state index contributed by atoms with van der Waals surface area (Å²) in [6.45, 7) is 33.3. The van der Waals surface area contributed by atoms with E-state index in [2.05, 4.69) is 81.7 Å². The van der Waals surface area contributed by atoms with Gasteiger partial charge in [-0.15, -0.1) is 26.3 Å². The van der Waals surface area contributed by atoms with Crippen LogP contribution in [0, 0.1) is 77.0 Å². The van der Waals surface area contributed by atoms with Crippen molar-refractivity contribution >= 4 is 24.3 Å². The van der Waals surface area contributed by atoms with Crippen LogP contribution in [-0.4, -0.2) is 24.3 Å². The first kappa shape index (κ1) is 45.9. The molecule has 0 spiro atoms. The third-order valence-corrected chi connectivity index (χ3v) is 7.33. The van der Waals surface area contributed by atoms with Crippen LogP contribution in [-0.2, 0) is 44.9 Å². The number of hydrogen-bond donors (Lipinski definition) is 4. The first-order valence-electron chi connectivity index (χ1n) is 13.5. The van der Waals surface area contributed by atoms with Gasteiger partial charge < -0.3 is 0 Å². The number of allylic oxidation sites excluding steroid dienone is 4. The molecule has 8 heteroatoms. The normalized spacial score (nSPS) is 8.18. The van der Waals surface area contributed by atoms with Crippen molar-refractivity contribution in [1.29, 1.82) is 21.6 Å². The molecule has 0 aliphatic carbocycles. The minimum absolute atomic E-state index is 0.750. The molecule has 0 aromatic heterocycles. The summed E-state index contributed by atoms with van der Waals surface area (Å²) in [4.78, 5) is 33.4. The Morgan fingerprint density at radius 1 is 0.386 bits per heavy atom. The van der Waals surface area contributed by atoms with E-state index in [-0.39, 0.29) is 0 Å². The summed E-state index contributed by atoms with van der Waals surface area (Å²) in [6.07, 6.45) is 14.6. The van der Waals surface area contributed by atoms with Crippen LogP contribution >= 0.6 is 0 Å². The molecule has 8 nitrogen and oxygen atoms in total. The molecule has 2 aromatic carbocycles. The van der Waals surface area contributed by atoms with Gasteiger partial charge in [0.25, 0.3) is 0 Å². The summed E-state index contributed by atoms with van der Waals surface area (Å²) >= 11 is 0. The molecule has 236 valence electrons. The van der Waals surface area contributed by atoms with Crippen molar-refractivity contribution in [3.63, 3.8) is 0 Å². The number of carbonyl (C=O) groups excluding carboxylic acids is 4. The van der Waals surface area contributed by atoms with Crippen LogP contribution in [0.1, 0.15) is 66.8 Å². The number of nitrogens with one attached hydrogen (secondary N) is 4. The van der Waals surface area contributed by atoms with Gasteiger partial charge in [0.15, 0.2) is 0 Å². The van der Waals surface area contributed by atoms with E-state index >= 15 is 0 Å². The summed E-state index contributed by atoms with van der Waals surface area (Å²) in [6, 6.07) is 0. The van der Waals surface area contributed by atoms with Gasteiger partial charge >= 0.3 is 0 Å². The predicted molar refractivity (Wildman–Crippen MR) is 180 cm³/mol. The van der Waals surface area contributed by atoms with Gasteiger partial charge in [0.2, 0.25) is 24.3 Å². The third kappa shape index (κ3) is 15.8. The zero-order valence-electron chi connectivity index (χ0n) is 27.6. The summed E-state index contributed by atoms with van der Waals surface area (Å²) < 4.78 is 0. The molecule has 0 heterocycles. The first-order chi connectivity index (χ1) is 20.7. The zero-order chi connectivity index (χ0) is 35.4. The Balaban J connectivity index is -0.000000281. The lowest BCUT2D eigenvalue weighted by atomic mass is 9.83. The van der Waals surface area contributed by atoms with Crippen LogP contribution in [0.5, 0.6) is 0 Å². The second kappa shape index (κ2) is 28.1. The van der Waals surface area contributed by atoms with Crippen LogP contribution < -0.4 is 0 Å². The van der Waals surface area contributed by atoms with Crippen molar-refractivity contribution in [2.24, 2.45) is 0 Å². The molecule has 0 atom stereocenters. The Kier molecular flexibility index (Phi) is 29.3. The Labute approximate surface area is 263 Å². The maximum absolute atomic E-state index is 8.35. The molecular weight excluding hydrogens is 552 g/mol. The predicted octanol–water partition coefficient (Wildman–Crippen LogP) is 8.36. The molecule has 0 radical (unpaired) electrons. The molecule has 0 unspecified atom stereocenters. The van der Waals surface area contributed by atoms with Gasteiger partial charge in [-0.25, -0.2) is 40.8 Å². The fourth-order valence-corrected chi connectivity index (χ4v) is 4.58. The van der Waals surface area contributed by atoms with Gasteiger partial charge in [-0.3, -0.25) is 0 Å². The molecule has 0 saturated heterocycles. The number of benzene rings is 2. The van der Waals surface area contributed by atoms with E-state index < -0.39 is 0 Å². The van der Waals surface area contributed by atoms with E-state index in [0.717, 1.165) is 50.0 Å². The Hall–Kier alpha value is -5.08. The number of hydrogen-bond acceptors (Lipinski definition) is 8. The first-order valence-corrected chi connectivity index (χ1v) is 13.5. The maximum Gasteiger partial charge on any atom is 0.231 e. The van der Waals surface area contributed by atoms with Crippen molar-refractivity contribution in [2.45, 2.75) is 81.1 Å². The quantitative estimate of drug-likeness (QED) is 0.136. The van der Waals surface area contributed by atoms with Gasteiger partial charge in [0.1, 0.15) is 0 Å². The Bertz CT molecular complexity index is 1190. The lowest BCUT2D eigenvalue weighted by molar-refractivity contribution is 0.562. The highest BCUT2D eigenvalue weighted by Gasteiger charge is 2.16. The molecular formula is C36H48N4O4. The molecule has 0 aliphatic rings. The minimum Gasteiger partial charge on any atom is -0.222 e. The third-order valence-electron chi connectivity index (χ3n) is 7.33. The summed E-state index contributed by atoms with van der Waals surface area (Å²) in [5.41, 5.74) is 17.1. The fourth-order valence-electron chi connectivity index (χ4n) is 4.58. The second-order valence-electron chi connectivity index (χ2n) is 9.29. The summed E-state index contributed by atoms with van der Waals surface area (Å²) in [5, 5.41) is 21.6. The fraction of sp³-hybridized carbons (Fsp3) is 0.333. The number of isocyanates is 4. The van der Waals surface area contributed by atoms with Crippen molar-refractivity contribution in [1.82, 2.24) is 0 Å². The van der Waals surface area contributed by atoms with E-state index in [9.17, 15) is 0 Å². The second-order valence-corrected chi connectivity index (χ2v) is 9.29. The van der Waals surface area contributed by atoms with Crippen molar-refractivity contribution in [3.05, 3.63) is 117 Å². The van der Waals surface area contributed by atoms with Gasteiger partial charge in [0.05, 0.1) is 0 Å². The van der Waals surface area contributed by atoms with Crippen molar-refractivity contribution < 1.29 is 19.2 Å². The van der Waals surface area contributed by atoms with E-state index in [1.165, 1.54) is 66.8 Å². The zero-order valence-corrected chi connectivity index (χ0v) is 27.6. The molecule has 0 fully saturated rings. The van der Waals surface area contributed by atoms with Crippen LogP contribution in [0.15, 0.2) is 50.6 Å². The highest BCUT2D eigenvalue weighted by Crippen LogP contribution is 2.30. The van der Waals surface area contributed by atoms with Gasteiger partial charge in [0, 0.05) is 0 Å². The Morgan fingerprint density at radius 2 is 0.523 bits per heavy atom. The van der Waals surface area contributed by atoms with Gasteiger partial charge in [-0.1, -0.05) is 24.3 Å². The monoisotopic (exact) mass is 600 g/mol. The lowest BCUT2D eigenvalue weighted by Crippen LogP contribution is -2.09. The largest absolute Gasteiger partial charge is 0.231 e. The lowest BCUT2D eigenvalue weighted by Gasteiger charge is -2.22. The smallest absolute Gasteiger partial charge is 0.222 e. The minimum atomic E-state index is 0.750. The van der Waals surface area contributed by atoms with Crippen molar-refractivity contribution in [3.8, 4) is 0 Å². The summed E-state index contributed by atoms with van der Waals surface area (Å²) in [7, 11) is 0. The Morgan fingerprint density at radius 3 is 0.659 bits per heavy atom. The van der Waals surface area contributed by atoms with Crippen LogP contribution in [0.25, 0.3) is 0 Å². The highest BCUT2D eigenvalue weighted by molar-refractivity contribution is 5.53. The molecule has 0 saturated carbocycles. The topological polar surface area (TPSA) is 164 Å². The maximum atomic E-state index is 8.35. The molecule has 2 rings (SSSR count). The van der Waals surface area contributed by atoms with Crippen molar-refractivity contribution in [2.75, 3.05) is 0 Å². The SMILES string of the molecule is C=CCc1c(C)c(C)c(CC=C)c(CC=C)c1CC=C.Cc1c(C)c(C)c(C)c(C)c1C.N=C=O.N=C=O.N=C=O.N=C=O. The molecule has 0 amide bonds. The van der Waals surface area contributed by atoms with Crippen LogP contribution in [0.4, 0.5) is 0 Å². The standard InChI is InChI=1S/C20H26.C12H18.4CHNO/c1-7-11-17-15(5)16(6)18(12-8-2)20(14-10-4)19(17)13-9-3;1-7-8(2)10(4)12(6)11(5)9(7)3;4*2-1-3/h7-10H,1-4,11-14H2,5-6H3;1-6H3;4*2H. The molecule has 2 aromatic rings. The van der Waals surface area contributed by atoms with E-state index in [0.29, 0.717) is 0 Å². The average Bonchev–Trinajstić information content (AvgIpc) is 2.98. The van der Waals surface area contributed by atoms with Crippen LogP contribution in [0.3, 0.4) is 0 Å². The van der Waals surface area contributed by atoms with Gasteiger partial charge in [-0.05, 0) is 148 Å². The number of rotatable bonds is 8. The molecule has 44 heavy (non-hydrogen) atoms. The van der Waals surface area contributed by atoms with E-state index in [1.54, 1.807) is 0 Å². The average molecular weight is 601 g/mol.